The van der Waals surface area contributed by atoms with E-state index in [9.17, 15) is 9.90 Å². The van der Waals surface area contributed by atoms with Crippen molar-refractivity contribution in [1.29, 1.82) is 0 Å². The van der Waals surface area contributed by atoms with Crippen LogP contribution in [0.15, 0.2) is 30.2 Å². The molecule has 0 amide bonds. The van der Waals surface area contributed by atoms with Gasteiger partial charge in [-0.3, -0.25) is 0 Å². The molecular weight excluding hydrogens is 292 g/mol. The minimum atomic E-state index is -1.46. The van der Waals surface area contributed by atoms with Crippen LogP contribution in [0.3, 0.4) is 0 Å². The number of unbranched alkanes of at least 4 members (excludes halogenated alkanes) is 1. The summed E-state index contributed by atoms with van der Waals surface area (Å²) in [6.07, 6.45) is 5.94. The maximum atomic E-state index is 10.6. The van der Waals surface area contributed by atoms with Gasteiger partial charge >= 0.3 is 5.97 Å². The highest BCUT2D eigenvalue weighted by Gasteiger charge is 2.34. The van der Waals surface area contributed by atoms with Crippen molar-refractivity contribution in [1.82, 2.24) is 4.57 Å². The zero-order chi connectivity index (χ0) is 16.7. The van der Waals surface area contributed by atoms with Crippen LogP contribution in [0.4, 0.5) is 0 Å². The number of ether oxygens (including phenoxy) is 1. The number of rotatable bonds is 5. The maximum Gasteiger partial charge on any atom is 0.327 e. The van der Waals surface area contributed by atoms with E-state index >= 15 is 0 Å². The van der Waals surface area contributed by atoms with Gasteiger partial charge in [-0.25, -0.2) is 13.9 Å². The second-order valence-corrected chi connectivity index (χ2v) is 4.96. The fraction of sp³-hybridized carbons (Fsp3) is 0.571. The Bertz CT molecular complexity index is 525. The number of carbonyl (C=O) groups excluding carboxylic acids is 1. The number of imidazole rings is 1. The normalized spacial score (nSPS) is 18.7. The molecule has 124 valence electrons. The van der Waals surface area contributed by atoms with Crippen molar-refractivity contribution in [3.05, 3.63) is 30.2 Å². The molecular formula is C14H22N2O6. The Hall–Kier alpha value is -2.06. The maximum absolute atomic E-state index is 10.6. The standard InChI is InChI=1S/C8H15N2.C6H8O6/c1-3-4-5-10-7-6-9(2)8-10;7-1-2(8)5-3(9)4(10)6(11)12-5/h6-8H,3-5H2,1-2H3;2,5,7-10H,1H2/q+1;/p-1/t;2-,5+/m.0/s1. The first kappa shape index (κ1) is 18.0. The number of hydrogen-bond donors (Lipinski definition) is 3. The van der Waals surface area contributed by atoms with E-state index in [4.69, 9.17) is 15.3 Å². The van der Waals surface area contributed by atoms with E-state index < -0.39 is 36.3 Å². The lowest BCUT2D eigenvalue weighted by molar-refractivity contribution is -0.671. The van der Waals surface area contributed by atoms with Crippen molar-refractivity contribution in [2.45, 2.75) is 38.5 Å². The number of esters is 1. The molecule has 2 atom stereocenters. The van der Waals surface area contributed by atoms with Crippen molar-refractivity contribution < 1.29 is 34.5 Å². The molecule has 0 aromatic carbocycles. The van der Waals surface area contributed by atoms with Crippen LogP contribution in [0.1, 0.15) is 19.8 Å². The first-order chi connectivity index (χ1) is 10.4. The van der Waals surface area contributed by atoms with Crippen LogP contribution < -0.4 is 9.67 Å². The van der Waals surface area contributed by atoms with Crippen molar-refractivity contribution in [3.63, 3.8) is 0 Å². The molecule has 8 nitrogen and oxygen atoms in total. The number of nitrogens with zero attached hydrogens (tertiary/aromatic N) is 2. The van der Waals surface area contributed by atoms with Crippen LogP contribution in [0.2, 0.25) is 0 Å². The molecule has 1 aliphatic heterocycles. The quantitative estimate of drug-likeness (QED) is 0.450. The zero-order valence-electron chi connectivity index (χ0n) is 12.7. The van der Waals surface area contributed by atoms with Crippen molar-refractivity contribution in [3.8, 4) is 0 Å². The van der Waals surface area contributed by atoms with Crippen LogP contribution in [0.5, 0.6) is 0 Å². The molecule has 3 N–H and O–H groups in total. The predicted octanol–water partition coefficient (Wildman–Crippen LogP) is -1.49. The van der Waals surface area contributed by atoms with E-state index in [1.807, 2.05) is 7.05 Å². The van der Waals surface area contributed by atoms with Gasteiger partial charge in [0.2, 0.25) is 6.33 Å². The largest absolute Gasteiger partial charge is 0.865 e. The lowest BCUT2D eigenvalue weighted by atomic mass is 10.2. The molecule has 1 aromatic rings. The molecule has 0 fully saturated rings. The molecule has 2 heterocycles. The third-order valence-electron chi connectivity index (χ3n) is 3.05. The summed E-state index contributed by atoms with van der Waals surface area (Å²) >= 11 is 0. The van der Waals surface area contributed by atoms with E-state index in [-0.39, 0.29) is 0 Å². The highest BCUT2D eigenvalue weighted by molar-refractivity contribution is 5.88. The first-order valence-corrected chi connectivity index (χ1v) is 7.01. The van der Waals surface area contributed by atoms with Crippen LogP contribution in [-0.2, 0) is 23.1 Å². The SMILES string of the molecule is CCCCn1cc[n+](C)c1.O=C1O[C@H]([C@@H](O)CO)C(O)=C1[O-]. The summed E-state index contributed by atoms with van der Waals surface area (Å²) in [6.45, 7) is 2.66. The summed E-state index contributed by atoms with van der Waals surface area (Å²) in [7, 11) is 2.04. The third kappa shape index (κ3) is 4.74. The Kier molecular flexibility index (Phi) is 6.87. The fourth-order valence-electron chi connectivity index (χ4n) is 1.79. The molecule has 0 bridgehead atoms. The number of aromatic nitrogens is 2. The summed E-state index contributed by atoms with van der Waals surface area (Å²) in [5.41, 5.74) is 0. The van der Waals surface area contributed by atoms with Gasteiger partial charge in [0.15, 0.2) is 6.10 Å². The van der Waals surface area contributed by atoms with Gasteiger partial charge in [-0.1, -0.05) is 13.3 Å². The molecule has 0 spiro atoms. The van der Waals surface area contributed by atoms with Gasteiger partial charge in [-0.05, 0) is 6.42 Å². The number of aliphatic hydroxyl groups is 3. The predicted molar refractivity (Wildman–Crippen MR) is 73.1 cm³/mol. The molecule has 1 aromatic heterocycles. The second kappa shape index (κ2) is 8.40. The van der Waals surface area contributed by atoms with E-state index in [1.165, 1.54) is 12.8 Å². The second-order valence-electron chi connectivity index (χ2n) is 4.96. The molecule has 0 saturated heterocycles. The minimum absolute atomic E-state index is 0.699. The highest BCUT2D eigenvalue weighted by Crippen LogP contribution is 2.19. The van der Waals surface area contributed by atoms with Gasteiger partial charge < -0.3 is 25.2 Å². The number of aliphatic hydroxyl groups excluding tert-OH is 3. The Morgan fingerprint density at radius 2 is 2.23 bits per heavy atom. The van der Waals surface area contributed by atoms with Gasteiger partial charge in [0.05, 0.1) is 20.2 Å². The Morgan fingerprint density at radius 3 is 2.64 bits per heavy atom. The van der Waals surface area contributed by atoms with E-state index in [0.29, 0.717) is 0 Å². The molecule has 2 rings (SSSR count). The highest BCUT2D eigenvalue weighted by atomic mass is 16.6. The molecule has 0 radical (unpaired) electrons. The van der Waals surface area contributed by atoms with Crippen LogP contribution >= 0.6 is 0 Å². The lowest BCUT2D eigenvalue weighted by Gasteiger charge is -2.14. The summed E-state index contributed by atoms with van der Waals surface area (Å²) in [5, 5.41) is 36.8. The number of hydrogen-bond acceptors (Lipinski definition) is 6. The summed E-state index contributed by atoms with van der Waals surface area (Å²) in [6, 6.07) is 0. The molecule has 0 saturated carbocycles. The van der Waals surface area contributed by atoms with Gasteiger partial charge in [0, 0.05) is 5.76 Å². The lowest BCUT2D eigenvalue weighted by Crippen LogP contribution is -2.31. The molecule has 8 heteroatoms. The topological polar surface area (TPSA) is 119 Å². The zero-order valence-corrected chi connectivity index (χ0v) is 12.7. The molecule has 22 heavy (non-hydrogen) atoms. The van der Waals surface area contributed by atoms with Crippen LogP contribution in [-0.4, -0.2) is 44.7 Å². The third-order valence-corrected chi connectivity index (χ3v) is 3.05. The van der Waals surface area contributed by atoms with E-state index in [1.54, 1.807) is 0 Å². The molecule has 0 unspecified atom stereocenters. The van der Waals surface area contributed by atoms with Crippen LogP contribution in [0.25, 0.3) is 0 Å². The number of carbonyl (C=O) groups is 1. The number of aryl methyl sites for hydroxylation is 2. The van der Waals surface area contributed by atoms with Gasteiger partial charge in [-0.2, -0.15) is 0 Å². The Morgan fingerprint density at radius 1 is 1.55 bits per heavy atom. The minimum Gasteiger partial charge on any atom is -0.865 e. The van der Waals surface area contributed by atoms with Gasteiger partial charge in [0.1, 0.15) is 24.3 Å². The monoisotopic (exact) mass is 314 g/mol. The Balaban J connectivity index is 0.000000224. The average Bonchev–Trinajstić information content (AvgIpc) is 3.03. The van der Waals surface area contributed by atoms with Crippen molar-refractivity contribution in [2.24, 2.45) is 7.05 Å². The average molecular weight is 314 g/mol. The van der Waals surface area contributed by atoms with E-state index in [0.717, 1.165) is 6.54 Å². The fourth-order valence-corrected chi connectivity index (χ4v) is 1.79. The smallest absolute Gasteiger partial charge is 0.327 e. The summed E-state index contributed by atoms with van der Waals surface area (Å²) in [5.74, 6) is -3.25. The summed E-state index contributed by atoms with van der Waals surface area (Å²) < 4.78 is 8.53. The van der Waals surface area contributed by atoms with Crippen molar-refractivity contribution >= 4 is 5.97 Å². The molecule has 1 aliphatic rings. The van der Waals surface area contributed by atoms with Crippen LogP contribution in [0, 0.1) is 0 Å². The van der Waals surface area contributed by atoms with E-state index in [2.05, 4.69) is 39.5 Å². The first-order valence-electron chi connectivity index (χ1n) is 7.01. The molecule has 0 aliphatic carbocycles. The number of cyclic esters (lactones) is 1. The van der Waals surface area contributed by atoms with Gasteiger partial charge in [-0.15, -0.1) is 0 Å². The van der Waals surface area contributed by atoms with Gasteiger partial charge in [0.25, 0.3) is 0 Å². The Labute approximate surface area is 128 Å². The summed E-state index contributed by atoms with van der Waals surface area (Å²) in [4.78, 5) is 10.5. The van der Waals surface area contributed by atoms with Crippen molar-refractivity contribution in [2.75, 3.05) is 6.61 Å².